The summed E-state index contributed by atoms with van der Waals surface area (Å²) in [5.74, 6) is 1.90. The quantitative estimate of drug-likeness (QED) is 0.647. The number of urea groups is 1. The minimum absolute atomic E-state index is 0.0322. The van der Waals surface area contributed by atoms with Gasteiger partial charge in [-0.1, -0.05) is 36.8 Å². The molecule has 0 heterocycles. The van der Waals surface area contributed by atoms with Gasteiger partial charge in [-0.05, 0) is 25.3 Å². The van der Waals surface area contributed by atoms with E-state index in [9.17, 15) is 4.79 Å². The van der Waals surface area contributed by atoms with Gasteiger partial charge in [0.25, 0.3) is 0 Å². The number of carbonyl (C=O) groups excluding carboxylic acids is 1. The SMILES string of the molecule is Cc1ccc(CSCCNC(=O)NC(C)C(C)CO)cc1. The summed E-state index contributed by atoms with van der Waals surface area (Å²) in [5, 5.41) is 14.7. The van der Waals surface area contributed by atoms with Crippen molar-refractivity contribution in [2.45, 2.75) is 32.6 Å². The number of aryl methyl sites for hydroxylation is 1. The zero-order valence-corrected chi connectivity index (χ0v) is 13.9. The van der Waals surface area contributed by atoms with Gasteiger partial charge in [-0.15, -0.1) is 0 Å². The summed E-state index contributed by atoms with van der Waals surface area (Å²) in [6.45, 7) is 6.60. The third-order valence-corrected chi connectivity index (χ3v) is 4.45. The maximum atomic E-state index is 11.6. The highest BCUT2D eigenvalue weighted by atomic mass is 32.2. The number of aliphatic hydroxyl groups is 1. The maximum absolute atomic E-state index is 11.6. The van der Waals surface area contributed by atoms with E-state index in [-0.39, 0.29) is 24.6 Å². The van der Waals surface area contributed by atoms with Gasteiger partial charge >= 0.3 is 6.03 Å². The first kappa shape index (κ1) is 17.9. The van der Waals surface area contributed by atoms with Crippen LogP contribution < -0.4 is 10.6 Å². The second-order valence-corrected chi connectivity index (χ2v) is 6.49. The number of nitrogens with one attached hydrogen (secondary N) is 2. The molecule has 21 heavy (non-hydrogen) atoms. The predicted octanol–water partition coefficient (Wildman–Crippen LogP) is 2.54. The number of benzene rings is 1. The summed E-state index contributed by atoms with van der Waals surface area (Å²) in [6, 6.07) is 8.31. The Balaban J connectivity index is 2.11. The van der Waals surface area contributed by atoms with Crippen molar-refractivity contribution >= 4 is 17.8 Å². The largest absolute Gasteiger partial charge is 0.396 e. The van der Waals surface area contributed by atoms with Crippen molar-refractivity contribution in [3.8, 4) is 0 Å². The molecule has 118 valence electrons. The molecule has 1 aromatic rings. The molecule has 4 nitrogen and oxygen atoms in total. The summed E-state index contributed by atoms with van der Waals surface area (Å²) in [6.07, 6.45) is 0. The second-order valence-electron chi connectivity index (χ2n) is 5.39. The Labute approximate surface area is 131 Å². The van der Waals surface area contributed by atoms with Crippen LogP contribution in [-0.2, 0) is 5.75 Å². The Kier molecular flexibility index (Phi) is 8.23. The molecular formula is C16H26N2O2S. The summed E-state index contributed by atoms with van der Waals surface area (Å²) in [7, 11) is 0. The molecule has 1 rings (SSSR count). The fourth-order valence-corrected chi connectivity index (χ4v) is 2.49. The third kappa shape index (κ3) is 7.39. The van der Waals surface area contributed by atoms with Gasteiger partial charge in [0.1, 0.15) is 0 Å². The van der Waals surface area contributed by atoms with Crippen LogP contribution in [0.15, 0.2) is 24.3 Å². The van der Waals surface area contributed by atoms with E-state index in [4.69, 9.17) is 5.11 Å². The highest BCUT2D eigenvalue weighted by Crippen LogP contribution is 2.12. The molecule has 3 N–H and O–H groups in total. The number of rotatable bonds is 8. The lowest BCUT2D eigenvalue weighted by Crippen LogP contribution is -2.44. The van der Waals surface area contributed by atoms with Crippen molar-refractivity contribution < 1.29 is 9.90 Å². The van der Waals surface area contributed by atoms with Gasteiger partial charge < -0.3 is 15.7 Å². The molecule has 0 aromatic heterocycles. The van der Waals surface area contributed by atoms with Crippen molar-refractivity contribution in [3.63, 3.8) is 0 Å². The van der Waals surface area contributed by atoms with E-state index in [0.29, 0.717) is 6.54 Å². The molecule has 0 aliphatic rings. The van der Waals surface area contributed by atoms with Crippen molar-refractivity contribution in [1.82, 2.24) is 10.6 Å². The zero-order valence-electron chi connectivity index (χ0n) is 13.1. The standard InChI is InChI=1S/C16H26N2O2S/c1-12-4-6-15(7-5-12)11-21-9-8-17-16(20)18-14(3)13(2)10-19/h4-7,13-14,19H,8-11H2,1-3H3,(H2,17,18,20). The van der Waals surface area contributed by atoms with E-state index in [1.165, 1.54) is 11.1 Å². The van der Waals surface area contributed by atoms with Gasteiger partial charge in [-0.25, -0.2) is 4.79 Å². The number of carbonyl (C=O) groups is 1. The lowest BCUT2D eigenvalue weighted by molar-refractivity contribution is 0.200. The fraction of sp³-hybridized carbons (Fsp3) is 0.562. The minimum Gasteiger partial charge on any atom is -0.396 e. The number of thioether (sulfide) groups is 1. The van der Waals surface area contributed by atoms with Crippen LogP contribution in [0.5, 0.6) is 0 Å². The van der Waals surface area contributed by atoms with Crippen LogP contribution in [0, 0.1) is 12.8 Å². The van der Waals surface area contributed by atoms with Crippen LogP contribution in [0.25, 0.3) is 0 Å². The van der Waals surface area contributed by atoms with Crippen LogP contribution >= 0.6 is 11.8 Å². The molecule has 0 fully saturated rings. The second kappa shape index (κ2) is 9.68. The summed E-state index contributed by atoms with van der Waals surface area (Å²) in [5.41, 5.74) is 2.58. The molecule has 0 saturated carbocycles. The molecule has 1 aromatic carbocycles. The van der Waals surface area contributed by atoms with E-state index in [0.717, 1.165) is 11.5 Å². The average Bonchev–Trinajstić information content (AvgIpc) is 2.47. The highest BCUT2D eigenvalue weighted by molar-refractivity contribution is 7.98. The van der Waals surface area contributed by atoms with Crippen molar-refractivity contribution in [2.75, 3.05) is 18.9 Å². The van der Waals surface area contributed by atoms with Gasteiger partial charge in [0.2, 0.25) is 0 Å². The van der Waals surface area contributed by atoms with Crippen LogP contribution in [0.4, 0.5) is 4.79 Å². The number of hydrogen-bond donors (Lipinski definition) is 3. The molecule has 0 radical (unpaired) electrons. The minimum atomic E-state index is -0.168. The summed E-state index contributed by atoms with van der Waals surface area (Å²) in [4.78, 5) is 11.6. The molecule has 0 spiro atoms. The Bertz CT molecular complexity index is 423. The molecule has 0 bridgehead atoms. The summed E-state index contributed by atoms with van der Waals surface area (Å²) >= 11 is 1.80. The van der Waals surface area contributed by atoms with Crippen LogP contribution in [-0.4, -0.2) is 36.1 Å². The van der Waals surface area contributed by atoms with E-state index < -0.39 is 0 Å². The molecule has 2 amide bonds. The average molecular weight is 310 g/mol. The number of aliphatic hydroxyl groups excluding tert-OH is 1. The van der Waals surface area contributed by atoms with Gasteiger partial charge in [0.15, 0.2) is 0 Å². The molecule has 5 heteroatoms. The Morgan fingerprint density at radius 2 is 1.95 bits per heavy atom. The van der Waals surface area contributed by atoms with Crippen molar-refractivity contribution in [3.05, 3.63) is 35.4 Å². The van der Waals surface area contributed by atoms with Gasteiger partial charge in [-0.2, -0.15) is 11.8 Å². The van der Waals surface area contributed by atoms with E-state index >= 15 is 0 Å². The van der Waals surface area contributed by atoms with Crippen LogP contribution in [0.2, 0.25) is 0 Å². The first-order chi connectivity index (χ1) is 10.0. The zero-order chi connectivity index (χ0) is 15.7. The normalized spacial score (nSPS) is 13.5. The van der Waals surface area contributed by atoms with E-state index in [1.54, 1.807) is 11.8 Å². The number of amides is 2. The maximum Gasteiger partial charge on any atom is 0.315 e. The van der Waals surface area contributed by atoms with Crippen LogP contribution in [0.3, 0.4) is 0 Å². The first-order valence-electron chi connectivity index (χ1n) is 7.31. The first-order valence-corrected chi connectivity index (χ1v) is 8.47. The van der Waals surface area contributed by atoms with Gasteiger partial charge in [0.05, 0.1) is 0 Å². The topological polar surface area (TPSA) is 61.4 Å². The highest BCUT2D eigenvalue weighted by Gasteiger charge is 2.13. The Morgan fingerprint density at radius 1 is 1.29 bits per heavy atom. The summed E-state index contributed by atoms with van der Waals surface area (Å²) < 4.78 is 0. The molecular weight excluding hydrogens is 284 g/mol. The Hall–Kier alpha value is -1.20. The lowest BCUT2D eigenvalue weighted by atomic mass is 10.1. The van der Waals surface area contributed by atoms with Crippen LogP contribution in [0.1, 0.15) is 25.0 Å². The molecule has 0 aliphatic carbocycles. The molecule has 2 unspecified atom stereocenters. The van der Waals surface area contributed by atoms with Gasteiger partial charge in [0, 0.05) is 30.7 Å². The van der Waals surface area contributed by atoms with E-state index in [1.807, 2.05) is 13.8 Å². The monoisotopic (exact) mass is 310 g/mol. The predicted molar refractivity (Wildman–Crippen MR) is 89.6 cm³/mol. The van der Waals surface area contributed by atoms with Gasteiger partial charge in [-0.3, -0.25) is 0 Å². The molecule has 0 saturated heterocycles. The number of hydrogen-bond acceptors (Lipinski definition) is 3. The lowest BCUT2D eigenvalue weighted by Gasteiger charge is -2.19. The fourth-order valence-electron chi connectivity index (χ4n) is 1.67. The van der Waals surface area contributed by atoms with Crippen molar-refractivity contribution in [2.24, 2.45) is 5.92 Å². The third-order valence-electron chi connectivity index (χ3n) is 3.42. The molecule has 2 atom stereocenters. The van der Waals surface area contributed by atoms with E-state index in [2.05, 4.69) is 41.8 Å². The van der Waals surface area contributed by atoms with Crippen molar-refractivity contribution in [1.29, 1.82) is 0 Å². The molecule has 0 aliphatic heterocycles. The smallest absolute Gasteiger partial charge is 0.315 e. The Morgan fingerprint density at radius 3 is 2.57 bits per heavy atom.